The van der Waals surface area contributed by atoms with Gasteiger partial charge in [-0.2, -0.15) is 0 Å². The van der Waals surface area contributed by atoms with Gasteiger partial charge in [-0.25, -0.2) is 4.98 Å². The number of aromatic nitrogens is 1. The van der Waals surface area contributed by atoms with Crippen molar-refractivity contribution in [3.8, 4) is 5.75 Å². The number of nitrogens with one attached hydrogen (secondary N) is 1. The lowest BCUT2D eigenvalue weighted by molar-refractivity contribution is 0.333. The fraction of sp³-hybridized carbons (Fsp3) is 0.438. The highest BCUT2D eigenvalue weighted by Crippen LogP contribution is 2.24. The van der Waals surface area contributed by atoms with Gasteiger partial charge >= 0.3 is 0 Å². The molecule has 21 heavy (non-hydrogen) atoms. The molecule has 1 N–H and O–H groups in total. The molecule has 0 amide bonds. The first-order valence-corrected chi connectivity index (χ1v) is 8.31. The standard InChI is InChI=1S/C16H21ClN2OS/c1-11(2)8-13-4-5-14(9-15(13)17)20-7-6-18-16-19-10-12(3)21-16/h4-5,9-11H,6-8H2,1-3H3,(H,18,19). The van der Waals surface area contributed by atoms with Gasteiger partial charge in [-0.3, -0.25) is 0 Å². The number of ether oxygens (including phenoxy) is 1. The third-order valence-electron chi connectivity index (χ3n) is 2.92. The van der Waals surface area contributed by atoms with Crippen molar-refractivity contribution in [2.45, 2.75) is 27.2 Å². The van der Waals surface area contributed by atoms with Crippen molar-refractivity contribution in [3.05, 3.63) is 39.9 Å². The second-order valence-electron chi connectivity index (χ2n) is 5.40. The molecule has 0 aliphatic heterocycles. The average molecular weight is 325 g/mol. The highest BCUT2D eigenvalue weighted by atomic mass is 35.5. The molecule has 0 bridgehead atoms. The molecule has 0 atom stereocenters. The van der Waals surface area contributed by atoms with E-state index in [1.807, 2.05) is 25.3 Å². The first-order chi connectivity index (χ1) is 10.0. The Kier molecular flexibility index (Phi) is 5.88. The number of hydrogen-bond donors (Lipinski definition) is 1. The summed E-state index contributed by atoms with van der Waals surface area (Å²) in [5.41, 5.74) is 1.18. The van der Waals surface area contributed by atoms with Gasteiger partial charge in [0.05, 0.1) is 6.54 Å². The normalized spacial score (nSPS) is 10.9. The van der Waals surface area contributed by atoms with Gasteiger partial charge in [-0.1, -0.05) is 31.5 Å². The van der Waals surface area contributed by atoms with Crippen LogP contribution in [0, 0.1) is 12.8 Å². The van der Waals surface area contributed by atoms with Gasteiger partial charge in [-0.15, -0.1) is 11.3 Å². The average Bonchev–Trinajstić information content (AvgIpc) is 2.83. The smallest absolute Gasteiger partial charge is 0.182 e. The first-order valence-electron chi connectivity index (χ1n) is 7.12. The quantitative estimate of drug-likeness (QED) is 0.743. The molecule has 0 unspecified atom stereocenters. The summed E-state index contributed by atoms with van der Waals surface area (Å²) in [4.78, 5) is 5.44. The second kappa shape index (κ2) is 7.66. The summed E-state index contributed by atoms with van der Waals surface area (Å²) in [6, 6.07) is 5.93. The number of halogens is 1. The van der Waals surface area contributed by atoms with Crippen LogP contribution in [0.2, 0.25) is 5.02 Å². The molecule has 0 radical (unpaired) electrons. The molecule has 0 spiro atoms. The largest absolute Gasteiger partial charge is 0.492 e. The Hall–Kier alpha value is -1.26. The first kappa shape index (κ1) is 16.1. The van der Waals surface area contributed by atoms with Crippen LogP contribution in [0.4, 0.5) is 5.13 Å². The van der Waals surface area contributed by atoms with Crippen molar-refractivity contribution >= 4 is 28.1 Å². The monoisotopic (exact) mass is 324 g/mol. The summed E-state index contributed by atoms with van der Waals surface area (Å²) < 4.78 is 5.71. The van der Waals surface area contributed by atoms with Crippen molar-refractivity contribution in [1.29, 1.82) is 0 Å². The Morgan fingerprint density at radius 3 is 2.81 bits per heavy atom. The minimum Gasteiger partial charge on any atom is -0.492 e. The number of benzene rings is 1. The van der Waals surface area contributed by atoms with Gasteiger partial charge in [0.15, 0.2) is 5.13 Å². The number of thiazole rings is 1. The van der Waals surface area contributed by atoms with Crippen LogP contribution in [-0.2, 0) is 6.42 Å². The molecule has 114 valence electrons. The number of rotatable bonds is 7. The van der Waals surface area contributed by atoms with Crippen molar-refractivity contribution in [2.75, 3.05) is 18.5 Å². The Labute approximate surface area is 135 Å². The van der Waals surface area contributed by atoms with Crippen LogP contribution in [0.25, 0.3) is 0 Å². The van der Waals surface area contributed by atoms with Crippen LogP contribution in [0.15, 0.2) is 24.4 Å². The summed E-state index contributed by atoms with van der Waals surface area (Å²) in [7, 11) is 0. The lowest BCUT2D eigenvalue weighted by atomic mass is 10.0. The highest BCUT2D eigenvalue weighted by molar-refractivity contribution is 7.15. The Morgan fingerprint density at radius 2 is 2.19 bits per heavy atom. The maximum atomic E-state index is 6.28. The highest BCUT2D eigenvalue weighted by Gasteiger charge is 2.05. The number of aryl methyl sites for hydroxylation is 1. The zero-order chi connectivity index (χ0) is 15.2. The zero-order valence-corrected chi connectivity index (χ0v) is 14.2. The maximum Gasteiger partial charge on any atom is 0.182 e. The third kappa shape index (κ3) is 5.21. The molecule has 2 aromatic rings. The molecule has 1 aromatic carbocycles. The van der Waals surface area contributed by atoms with Gasteiger partial charge in [0.25, 0.3) is 0 Å². The van der Waals surface area contributed by atoms with E-state index in [1.165, 1.54) is 10.4 Å². The molecule has 5 heteroatoms. The number of nitrogens with zero attached hydrogens (tertiary/aromatic N) is 1. The number of hydrogen-bond acceptors (Lipinski definition) is 4. The van der Waals surface area contributed by atoms with Crippen molar-refractivity contribution in [2.24, 2.45) is 5.92 Å². The summed E-state index contributed by atoms with van der Waals surface area (Å²) in [5, 5.41) is 4.95. The predicted octanol–water partition coefficient (Wildman–Crippen LogP) is 4.79. The summed E-state index contributed by atoms with van der Waals surface area (Å²) in [6.07, 6.45) is 2.85. The fourth-order valence-corrected chi connectivity index (χ4v) is 2.92. The maximum absolute atomic E-state index is 6.28. The minimum absolute atomic E-state index is 0.582. The second-order valence-corrected chi connectivity index (χ2v) is 7.04. The molecular weight excluding hydrogens is 304 g/mol. The van der Waals surface area contributed by atoms with Crippen LogP contribution in [-0.4, -0.2) is 18.1 Å². The van der Waals surface area contributed by atoms with Gasteiger partial charge < -0.3 is 10.1 Å². The Morgan fingerprint density at radius 1 is 1.38 bits per heavy atom. The summed E-state index contributed by atoms with van der Waals surface area (Å²) >= 11 is 7.93. The Bertz CT molecular complexity index is 583. The van der Waals surface area contributed by atoms with Crippen LogP contribution < -0.4 is 10.1 Å². The van der Waals surface area contributed by atoms with E-state index in [0.717, 1.165) is 28.9 Å². The van der Waals surface area contributed by atoms with Crippen molar-refractivity contribution in [1.82, 2.24) is 4.98 Å². The van der Waals surface area contributed by atoms with E-state index in [9.17, 15) is 0 Å². The van der Waals surface area contributed by atoms with Crippen molar-refractivity contribution < 1.29 is 4.74 Å². The Balaban J connectivity index is 1.79. The van der Waals surface area contributed by atoms with Gasteiger partial charge in [0.2, 0.25) is 0 Å². The topological polar surface area (TPSA) is 34.2 Å². The van der Waals surface area contributed by atoms with E-state index >= 15 is 0 Å². The SMILES string of the molecule is Cc1cnc(NCCOc2ccc(CC(C)C)c(Cl)c2)s1. The molecule has 0 saturated carbocycles. The zero-order valence-electron chi connectivity index (χ0n) is 12.6. The lowest BCUT2D eigenvalue weighted by Crippen LogP contribution is -2.11. The van der Waals surface area contributed by atoms with Crippen LogP contribution in [0.3, 0.4) is 0 Å². The molecule has 0 aliphatic rings. The number of anilines is 1. The molecule has 0 aliphatic carbocycles. The molecule has 0 saturated heterocycles. The van der Waals surface area contributed by atoms with Crippen LogP contribution in [0.5, 0.6) is 5.75 Å². The molecule has 1 aromatic heterocycles. The van der Waals surface area contributed by atoms with E-state index in [-0.39, 0.29) is 0 Å². The minimum atomic E-state index is 0.582. The third-order valence-corrected chi connectivity index (χ3v) is 4.14. The molecule has 2 rings (SSSR count). The molecule has 0 fully saturated rings. The van der Waals surface area contributed by atoms with Crippen LogP contribution in [0.1, 0.15) is 24.3 Å². The van der Waals surface area contributed by atoms with E-state index in [4.69, 9.17) is 16.3 Å². The summed E-state index contributed by atoms with van der Waals surface area (Å²) in [6.45, 7) is 7.72. The predicted molar refractivity (Wildman–Crippen MR) is 90.8 cm³/mol. The van der Waals surface area contributed by atoms with Crippen LogP contribution >= 0.6 is 22.9 Å². The van der Waals surface area contributed by atoms with Gasteiger partial charge in [-0.05, 0) is 37.0 Å². The molecular formula is C16H21ClN2OS. The lowest BCUT2D eigenvalue weighted by Gasteiger charge is -2.11. The van der Waals surface area contributed by atoms with Crippen molar-refractivity contribution in [3.63, 3.8) is 0 Å². The van der Waals surface area contributed by atoms with E-state index in [1.54, 1.807) is 11.3 Å². The van der Waals surface area contributed by atoms with E-state index in [2.05, 4.69) is 30.2 Å². The molecule has 3 nitrogen and oxygen atoms in total. The van der Waals surface area contributed by atoms with Gasteiger partial charge in [0.1, 0.15) is 12.4 Å². The molecule has 1 heterocycles. The van der Waals surface area contributed by atoms with E-state index in [0.29, 0.717) is 12.5 Å². The van der Waals surface area contributed by atoms with E-state index < -0.39 is 0 Å². The fourth-order valence-electron chi connectivity index (χ4n) is 1.99. The van der Waals surface area contributed by atoms with Gasteiger partial charge in [0, 0.05) is 16.1 Å². The summed E-state index contributed by atoms with van der Waals surface area (Å²) in [5.74, 6) is 1.41.